The summed E-state index contributed by atoms with van der Waals surface area (Å²) in [4.78, 5) is 32.8. The number of nitrogens with one attached hydrogen (secondary N) is 3. The molecule has 2 aliphatic heterocycles. The highest BCUT2D eigenvalue weighted by Crippen LogP contribution is 2.56. The van der Waals surface area contributed by atoms with Crippen LogP contribution in [-0.4, -0.2) is 45.5 Å². The molecule has 3 aliphatic rings. The summed E-state index contributed by atoms with van der Waals surface area (Å²) >= 11 is 0. The highest BCUT2D eigenvalue weighted by atomic mass is 19.4. The van der Waals surface area contributed by atoms with Gasteiger partial charge in [0.25, 0.3) is 0 Å². The fraction of sp³-hybridized carbons (Fsp3) is 0.517. The Morgan fingerprint density at radius 3 is 2.60 bits per heavy atom. The maximum Gasteiger partial charge on any atom is 0.425 e. The van der Waals surface area contributed by atoms with E-state index in [4.69, 9.17) is 10.1 Å². The minimum absolute atomic E-state index is 0.0153. The SMILES string of the molecule is CCC1(CC)CC(=O)N([C@H](c2cccnc2)[C@@H]2C(C)[C@H]2C(=O)N[C@H]2C[C@H](C(F)(F)F)Oc3ccccc32)C(=N)N1. The van der Waals surface area contributed by atoms with Gasteiger partial charge in [-0.05, 0) is 42.4 Å². The fourth-order valence-electron chi connectivity index (χ4n) is 6.33. The number of guanidine groups is 1. The van der Waals surface area contributed by atoms with E-state index >= 15 is 0 Å². The van der Waals surface area contributed by atoms with E-state index in [9.17, 15) is 22.8 Å². The third-order valence-electron chi connectivity index (χ3n) is 8.85. The van der Waals surface area contributed by atoms with E-state index in [1.54, 1.807) is 36.7 Å². The molecule has 0 spiro atoms. The average molecular weight is 558 g/mol. The van der Waals surface area contributed by atoms with Gasteiger partial charge in [-0.25, -0.2) is 0 Å². The summed E-state index contributed by atoms with van der Waals surface area (Å²) in [5.74, 6) is -1.58. The van der Waals surface area contributed by atoms with Crippen LogP contribution in [0.25, 0.3) is 0 Å². The molecule has 2 aromatic rings. The van der Waals surface area contributed by atoms with Crippen LogP contribution in [0.5, 0.6) is 5.75 Å². The molecule has 40 heavy (non-hydrogen) atoms. The number of nitrogens with zero attached hydrogens (tertiary/aromatic N) is 2. The highest BCUT2D eigenvalue weighted by molar-refractivity contribution is 6.00. The third kappa shape index (κ3) is 5.01. The molecule has 2 amide bonds. The van der Waals surface area contributed by atoms with Gasteiger partial charge in [0, 0.05) is 35.8 Å². The molecule has 214 valence electrons. The Bertz CT molecular complexity index is 1260. The number of pyridine rings is 1. The lowest BCUT2D eigenvalue weighted by molar-refractivity contribution is -0.201. The summed E-state index contributed by atoms with van der Waals surface area (Å²) < 4.78 is 46.0. The van der Waals surface area contributed by atoms with Crippen LogP contribution in [0.15, 0.2) is 48.8 Å². The first-order valence-corrected chi connectivity index (χ1v) is 13.7. The van der Waals surface area contributed by atoms with Crippen LogP contribution in [0.3, 0.4) is 0 Å². The second-order valence-corrected chi connectivity index (χ2v) is 11.1. The molecule has 1 aromatic carbocycles. The lowest BCUT2D eigenvalue weighted by Gasteiger charge is -2.45. The third-order valence-corrected chi connectivity index (χ3v) is 8.85. The minimum atomic E-state index is -4.58. The number of halogens is 3. The predicted molar refractivity (Wildman–Crippen MR) is 141 cm³/mol. The van der Waals surface area contributed by atoms with E-state index in [1.807, 2.05) is 26.8 Å². The molecule has 1 aliphatic carbocycles. The molecule has 6 atom stereocenters. The summed E-state index contributed by atoms with van der Waals surface area (Å²) in [5.41, 5.74) is 0.697. The first-order valence-electron chi connectivity index (χ1n) is 13.7. The lowest BCUT2D eigenvalue weighted by atomic mass is 9.85. The number of aromatic nitrogens is 1. The Hall–Kier alpha value is -3.63. The number of rotatable bonds is 7. The first kappa shape index (κ1) is 27.9. The molecule has 1 saturated carbocycles. The number of carbonyl (C=O) groups excluding carboxylic acids is 2. The Kier molecular flexibility index (Phi) is 7.26. The second kappa shape index (κ2) is 10.4. The van der Waals surface area contributed by atoms with E-state index < -0.39 is 42.2 Å². The molecule has 0 bridgehead atoms. The monoisotopic (exact) mass is 557 g/mol. The zero-order chi connectivity index (χ0) is 28.8. The Morgan fingerprint density at radius 1 is 1.25 bits per heavy atom. The van der Waals surface area contributed by atoms with Crippen LogP contribution in [0.1, 0.15) is 69.7 Å². The fourth-order valence-corrected chi connectivity index (χ4v) is 6.33. The van der Waals surface area contributed by atoms with Gasteiger partial charge in [0.15, 0.2) is 12.1 Å². The topological polar surface area (TPSA) is 107 Å². The van der Waals surface area contributed by atoms with Gasteiger partial charge in [0.05, 0.1) is 18.5 Å². The van der Waals surface area contributed by atoms with Crippen LogP contribution in [0, 0.1) is 23.2 Å². The Balaban J connectivity index is 1.41. The zero-order valence-electron chi connectivity index (χ0n) is 22.7. The van der Waals surface area contributed by atoms with Crippen molar-refractivity contribution in [2.24, 2.45) is 17.8 Å². The van der Waals surface area contributed by atoms with Crippen molar-refractivity contribution in [1.82, 2.24) is 20.5 Å². The van der Waals surface area contributed by atoms with Crippen molar-refractivity contribution in [1.29, 1.82) is 5.41 Å². The van der Waals surface area contributed by atoms with Gasteiger partial charge in [-0.3, -0.25) is 24.9 Å². The molecule has 0 radical (unpaired) electrons. The van der Waals surface area contributed by atoms with Gasteiger partial charge < -0.3 is 15.4 Å². The molecule has 1 saturated heterocycles. The number of amides is 2. The molecule has 2 fully saturated rings. The van der Waals surface area contributed by atoms with Crippen molar-refractivity contribution in [3.05, 3.63) is 59.9 Å². The molecule has 1 aromatic heterocycles. The van der Waals surface area contributed by atoms with Crippen molar-refractivity contribution in [2.75, 3.05) is 0 Å². The van der Waals surface area contributed by atoms with Crippen molar-refractivity contribution >= 4 is 17.8 Å². The van der Waals surface area contributed by atoms with E-state index in [1.165, 1.54) is 11.0 Å². The van der Waals surface area contributed by atoms with Crippen molar-refractivity contribution in [3.8, 4) is 5.75 Å². The van der Waals surface area contributed by atoms with Gasteiger partial charge in [-0.1, -0.05) is 45.0 Å². The van der Waals surface area contributed by atoms with Gasteiger partial charge in [0.1, 0.15) is 5.75 Å². The van der Waals surface area contributed by atoms with Crippen LogP contribution < -0.4 is 15.4 Å². The Labute approximate surface area is 231 Å². The molecule has 11 heteroatoms. The summed E-state index contributed by atoms with van der Waals surface area (Å²) in [6.07, 6.45) is -2.21. The maximum atomic E-state index is 13.6. The maximum absolute atomic E-state index is 13.6. The van der Waals surface area contributed by atoms with Crippen LogP contribution in [0.4, 0.5) is 13.2 Å². The number of hydrogen-bond donors (Lipinski definition) is 3. The van der Waals surface area contributed by atoms with Crippen molar-refractivity contribution in [2.45, 2.75) is 76.4 Å². The smallest absolute Gasteiger partial charge is 0.425 e. The normalized spacial score (nSPS) is 28.1. The van der Waals surface area contributed by atoms with Gasteiger partial charge in [0.2, 0.25) is 11.8 Å². The van der Waals surface area contributed by atoms with E-state index in [-0.39, 0.29) is 41.8 Å². The number of ether oxygens (including phenoxy) is 1. The van der Waals surface area contributed by atoms with Crippen LogP contribution >= 0.6 is 0 Å². The summed E-state index contributed by atoms with van der Waals surface area (Å²) in [6, 6.07) is 8.50. The second-order valence-electron chi connectivity index (χ2n) is 11.1. The van der Waals surface area contributed by atoms with Crippen LogP contribution in [-0.2, 0) is 9.59 Å². The van der Waals surface area contributed by atoms with Gasteiger partial charge >= 0.3 is 6.18 Å². The largest absolute Gasteiger partial charge is 0.480 e. The molecular formula is C29H34F3N5O3. The predicted octanol–water partition coefficient (Wildman–Crippen LogP) is 4.89. The summed E-state index contributed by atoms with van der Waals surface area (Å²) in [6.45, 7) is 5.85. The van der Waals surface area contributed by atoms with E-state index in [0.717, 1.165) is 0 Å². The van der Waals surface area contributed by atoms with Gasteiger partial charge in [-0.15, -0.1) is 0 Å². The van der Waals surface area contributed by atoms with Gasteiger partial charge in [-0.2, -0.15) is 13.2 Å². The summed E-state index contributed by atoms with van der Waals surface area (Å²) in [5, 5.41) is 14.9. The molecule has 3 heterocycles. The number of fused-ring (bicyclic) bond motifs is 1. The van der Waals surface area contributed by atoms with E-state index in [0.29, 0.717) is 24.0 Å². The minimum Gasteiger partial charge on any atom is -0.480 e. The van der Waals surface area contributed by atoms with Crippen molar-refractivity contribution in [3.63, 3.8) is 0 Å². The average Bonchev–Trinajstić information content (AvgIpc) is 3.60. The molecular weight excluding hydrogens is 523 g/mol. The number of hydrogen-bond acceptors (Lipinski definition) is 5. The number of alkyl halides is 3. The quantitative estimate of drug-likeness (QED) is 0.449. The Morgan fingerprint density at radius 2 is 1.98 bits per heavy atom. The zero-order valence-corrected chi connectivity index (χ0v) is 22.7. The molecule has 1 unspecified atom stereocenters. The summed E-state index contributed by atoms with van der Waals surface area (Å²) in [7, 11) is 0. The van der Waals surface area contributed by atoms with Crippen LogP contribution in [0.2, 0.25) is 0 Å². The highest BCUT2D eigenvalue weighted by Gasteiger charge is 2.60. The van der Waals surface area contributed by atoms with E-state index in [2.05, 4.69) is 15.6 Å². The number of benzene rings is 1. The number of para-hydroxylation sites is 1. The molecule has 3 N–H and O–H groups in total. The van der Waals surface area contributed by atoms with Crippen molar-refractivity contribution < 1.29 is 27.5 Å². The lowest BCUT2D eigenvalue weighted by Crippen LogP contribution is -2.62. The standard InChI is InChI=1S/C29H34F3N5O3/c1-4-28(5-2)14-22(38)37(27(33)36-28)25(17-9-8-12-34-15-17)23-16(3)24(23)26(39)35-19-13-21(29(30,31)32)40-20-11-7-6-10-18(19)20/h6-12,15-16,19,21,23-25H,4-5,13-14H2,1-3H3,(H2,33,36)(H,35,39)/t16?,19-,21+,23+,24+,25+/m0/s1. The molecule has 5 rings (SSSR count). The number of carbonyl (C=O) groups is 2. The first-order chi connectivity index (χ1) is 19.0. The molecule has 8 nitrogen and oxygen atoms in total.